The molecule has 0 aromatic carbocycles. The Morgan fingerprint density at radius 2 is 1.73 bits per heavy atom. The molecule has 9 nitrogen and oxygen atoms in total. The van der Waals surface area contributed by atoms with E-state index in [1.807, 2.05) is 6.92 Å². The van der Waals surface area contributed by atoms with E-state index >= 15 is 0 Å². The summed E-state index contributed by atoms with van der Waals surface area (Å²) in [6.07, 6.45) is 1.47. The Morgan fingerprint density at radius 3 is 2.24 bits per heavy atom. The second-order valence-electron chi connectivity index (χ2n) is 9.24. The predicted octanol–water partition coefficient (Wildman–Crippen LogP) is 5.50. The number of fused-ring (bicyclic) bond motifs is 1. The summed E-state index contributed by atoms with van der Waals surface area (Å²) in [5.74, 6) is 2.91. The van der Waals surface area contributed by atoms with E-state index < -0.39 is 12.2 Å². The molecule has 0 spiro atoms. The standard InChI is InChI=1S/C24H35N5O4/c1-8-32-23(30)28(24(31)33-9-2)13-20-21(25-7)19(22-26-17(6)27-29(20)22)12-18-15(4)10-14(3)11-16(18)5/h14-16,18H,8-13H2,1-6H3,(H,26,27). The number of aromatic amines is 1. The topological polar surface area (TPSA) is 93.3 Å². The zero-order valence-corrected chi connectivity index (χ0v) is 20.5. The molecule has 1 N–H and O–H groups in total. The number of nitrogens with one attached hydrogen (secondary N) is 1. The van der Waals surface area contributed by atoms with Gasteiger partial charge in [-0.2, -0.15) is 0 Å². The lowest BCUT2D eigenvalue weighted by Gasteiger charge is -2.38. The van der Waals surface area contributed by atoms with Crippen molar-refractivity contribution in [3.8, 4) is 0 Å². The maximum Gasteiger partial charge on any atom is 0.419 e. The molecular weight excluding hydrogens is 422 g/mol. The van der Waals surface area contributed by atoms with Gasteiger partial charge in [0, 0.05) is 5.56 Å². The Morgan fingerprint density at radius 1 is 1.15 bits per heavy atom. The van der Waals surface area contributed by atoms with E-state index in [1.54, 1.807) is 18.4 Å². The fourth-order valence-electron chi connectivity index (χ4n) is 5.37. The van der Waals surface area contributed by atoms with E-state index in [9.17, 15) is 9.59 Å². The van der Waals surface area contributed by atoms with Crippen LogP contribution in [0.15, 0.2) is 0 Å². The van der Waals surface area contributed by atoms with E-state index in [2.05, 4.69) is 35.7 Å². The Labute approximate surface area is 195 Å². The molecule has 2 amide bonds. The minimum absolute atomic E-state index is 0.123. The molecule has 1 aliphatic rings. The molecule has 0 radical (unpaired) electrons. The molecule has 9 heteroatoms. The molecule has 1 aliphatic carbocycles. The first-order valence-electron chi connectivity index (χ1n) is 11.8. The Hall–Kier alpha value is -3.02. The van der Waals surface area contributed by atoms with Crippen LogP contribution in [0.5, 0.6) is 0 Å². The average Bonchev–Trinajstić information content (AvgIpc) is 3.23. The third-order valence-electron chi connectivity index (χ3n) is 6.70. The molecule has 180 valence electrons. The van der Waals surface area contributed by atoms with Crippen LogP contribution in [0, 0.1) is 37.2 Å². The number of H-pyrrole nitrogens is 1. The van der Waals surface area contributed by atoms with Gasteiger partial charge in [-0.15, -0.1) is 0 Å². The van der Waals surface area contributed by atoms with Gasteiger partial charge in [0.05, 0.1) is 32.0 Å². The van der Waals surface area contributed by atoms with Crippen molar-refractivity contribution in [2.75, 3.05) is 13.2 Å². The number of amides is 2. The number of ether oxygens (including phenoxy) is 2. The first kappa shape index (κ1) is 24.6. The van der Waals surface area contributed by atoms with Crippen molar-refractivity contribution in [2.24, 2.45) is 23.7 Å². The molecule has 0 aliphatic heterocycles. The van der Waals surface area contributed by atoms with Crippen LogP contribution in [0.3, 0.4) is 0 Å². The zero-order valence-electron chi connectivity index (χ0n) is 20.5. The molecule has 2 atom stereocenters. The minimum Gasteiger partial charge on any atom is -0.449 e. The van der Waals surface area contributed by atoms with Crippen LogP contribution < -0.4 is 0 Å². The highest BCUT2D eigenvalue weighted by Crippen LogP contribution is 2.42. The van der Waals surface area contributed by atoms with Crippen LogP contribution in [0.4, 0.5) is 15.3 Å². The maximum atomic E-state index is 12.5. The summed E-state index contributed by atoms with van der Waals surface area (Å²) in [5.41, 5.74) is 2.49. The van der Waals surface area contributed by atoms with Crippen LogP contribution in [-0.4, -0.2) is 44.9 Å². The molecule has 3 rings (SSSR count). The lowest BCUT2D eigenvalue weighted by atomic mass is 9.67. The molecule has 0 saturated heterocycles. The summed E-state index contributed by atoms with van der Waals surface area (Å²) < 4.78 is 11.9. The van der Waals surface area contributed by atoms with Gasteiger partial charge in [0.2, 0.25) is 5.69 Å². The van der Waals surface area contributed by atoms with Crippen molar-refractivity contribution in [2.45, 2.75) is 67.3 Å². The Bertz CT molecular complexity index is 1020. The fraction of sp³-hybridized carbons (Fsp3) is 0.667. The van der Waals surface area contributed by atoms with Gasteiger partial charge in [-0.1, -0.05) is 20.8 Å². The second-order valence-corrected chi connectivity index (χ2v) is 9.24. The number of carbonyl (C=O) groups excluding carboxylic acids is 2. The van der Waals surface area contributed by atoms with E-state index in [0.29, 0.717) is 46.5 Å². The van der Waals surface area contributed by atoms with Gasteiger partial charge in [-0.3, -0.25) is 9.61 Å². The molecule has 33 heavy (non-hydrogen) atoms. The van der Waals surface area contributed by atoms with Crippen molar-refractivity contribution in [3.05, 3.63) is 28.5 Å². The van der Waals surface area contributed by atoms with E-state index in [4.69, 9.17) is 16.0 Å². The largest absolute Gasteiger partial charge is 0.449 e. The summed E-state index contributed by atoms with van der Waals surface area (Å²) >= 11 is 0. The van der Waals surface area contributed by atoms with Crippen LogP contribution in [0.25, 0.3) is 10.5 Å². The third-order valence-corrected chi connectivity index (χ3v) is 6.70. The number of nitrogens with zero attached hydrogens (tertiary/aromatic N) is 4. The molecule has 2 heterocycles. The highest BCUT2D eigenvalue weighted by Gasteiger charge is 2.35. The second kappa shape index (κ2) is 10.3. The third kappa shape index (κ3) is 5.00. The van der Waals surface area contributed by atoms with Crippen molar-refractivity contribution < 1.29 is 19.1 Å². The SMILES string of the molecule is [C-]#[N+]c1c(CC2C(C)CC(C)CC2C)c2nc(C)[nH]n2c1CN(C(=O)OCC)C(=O)OCC. The average molecular weight is 458 g/mol. The van der Waals surface area contributed by atoms with Gasteiger partial charge in [0.15, 0.2) is 0 Å². The normalized spacial score (nSPS) is 22.7. The van der Waals surface area contributed by atoms with Gasteiger partial charge in [0.1, 0.15) is 11.5 Å². The van der Waals surface area contributed by atoms with Gasteiger partial charge in [-0.25, -0.2) is 24.3 Å². The quantitative estimate of drug-likeness (QED) is 0.578. The van der Waals surface area contributed by atoms with Gasteiger partial charge in [-0.05, 0) is 63.7 Å². The summed E-state index contributed by atoms with van der Waals surface area (Å²) in [6.45, 7) is 20.1. The van der Waals surface area contributed by atoms with Crippen molar-refractivity contribution >= 4 is 23.5 Å². The van der Waals surface area contributed by atoms with Crippen LogP contribution in [0.2, 0.25) is 0 Å². The summed E-state index contributed by atoms with van der Waals surface area (Å²) in [6, 6.07) is 0. The summed E-state index contributed by atoms with van der Waals surface area (Å²) in [5, 5.41) is 3.17. The number of aryl methyl sites for hydroxylation is 1. The number of aromatic nitrogens is 3. The first-order chi connectivity index (χ1) is 15.7. The van der Waals surface area contributed by atoms with Gasteiger partial charge >= 0.3 is 12.2 Å². The lowest BCUT2D eigenvalue weighted by Crippen LogP contribution is -2.37. The van der Waals surface area contributed by atoms with Crippen molar-refractivity contribution in [3.63, 3.8) is 0 Å². The Kier molecular flexibility index (Phi) is 7.67. The molecule has 2 unspecified atom stereocenters. The number of carbonyl (C=O) groups is 2. The number of hydrogen-bond acceptors (Lipinski definition) is 5. The number of imide groups is 1. The molecule has 1 saturated carbocycles. The van der Waals surface area contributed by atoms with Gasteiger partial charge in [0.25, 0.3) is 0 Å². The van der Waals surface area contributed by atoms with Gasteiger partial charge < -0.3 is 9.47 Å². The molecule has 0 bridgehead atoms. The van der Waals surface area contributed by atoms with Crippen molar-refractivity contribution in [1.29, 1.82) is 0 Å². The van der Waals surface area contributed by atoms with E-state index in [1.165, 1.54) is 12.8 Å². The number of rotatable bonds is 6. The van der Waals surface area contributed by atoms with Crippen LogP contribution in [0.1, 0.15) is 64.5 Å². The lowest BCUT2D eigenvalue weighted by molar-refractivity contribution is 0.0785. The maximum absolute atomic E-state index is 12.5. The summed E-state index contributed by atoms with van der Waals surface area (Å²) in [4.78, 5) is 34.5. The highest BCUT2D eigenvalue weighted by molar-refractivity contribution is 5.88. The zero-order chi connectivity index (χ0) is 24.3. The van der Waals surface area contributed by atoms with Crippen LogP contribution in [-0.2, 0) is 22.4 Å². The highest BCUT2D eigenvalue weighted by atomic mass is 16.6. The smallest absolute Gasteiger partial charge is 0.419 e. The van der Waals surface area contributed by atoms with E-state index in [0.717, 1.165) is 16.9 Å². The van der Waals surface area contributed by atoms with E-state index in [-0.39, 0.29) is 19.8 Å². The Balaban J connectivity index is 2.05. The first-order valence-corrected chi connectivity index (χ1v) is 11.8. The minimum atomic E-state index is -0.803. The van der Waals surface area contributed by atoms with Crippen molar-refractivity contribution in [1.82, 2.24) is 19.5 Å². The fourth-order valence-corrected chi connectivity index (χ4v) is 5.37. The summed E-state index contributed by atoms with van der Waals surface area (Å²) in [7, 11) is 0. The molecular formula is C24H35N5O4. The van der Waals surface area contributed by atoms with Crippen LogP contribution >= 0.6 is 0 Å². The number of hydrogen-bond donors (Lipinski definition) is 1. The predicted molar refractivity (Wildman–Crippen MR) is 124 cm³/mol. The molecule has 1 fully saturated rings. The molecule has 2 aromatic rings. The monoisotopic (exact) mass is 457 g/mol. The molecule has 2 aromatic heterocycles.